The molecule has 112 valence electrons. The third kappa shape index (κ3) is 2.35. The van der Waals surface area contributed by atoms with Crippen LogP contribution in [-0.4, -0.2) is 18.6 Å². The number of hydrogen-bond acceptors (Lipinski definition) is 2. The zero-order chi connectivity index (χ0) is 14.8. The minimum absolute atomic E-state index is 0.0894. The number of hydrogen-bond donors (Lipinski definition) is 1. The minimum atomic E-state index is 0.0894. The van der Waals surface area contributed by atoms with Gasteiger partial charge in [-0.25, -0.2) is 0 Å². The van der Waals surface area contributed by atoms with Crippen molar-refractivity contribution in [3.8, 4) is 0 Å². The van der Waals surface area contributed by atoms with E-state index in [0.29, 0.717) is 0 Å². The largest absolute Gasteiger partial charge is 0.364 e. The van der Waals surface area contributed by atoms with Crippen LogP contribution in [0.25, 0.3) is 0 Å². The molecule has 2 rings (SSSR count). The van der Waals surface area contributed by atoms with E-state index in [2.05, 4.69) is 56.9 Å². The molecule has 20 heavy (non-hydrogen) atoms. The van der Waals surface area contributed by atoms with Crippen molar-refractivity contribution in [3.63, 3.8) is 0 Å². The number of para-hydroxylation sites is 1. The maximum atomic E-state index is 6.34. The van der Waals surface area contributed by atoms with E-state index in [0.717, 1.165) is 13.1 Å². The zero-order valence-electron chi connectivity index (χ0n) is 13.6. The molecule has 0 aromatic heterocycles. The maximum Gasteiger partial charge on any atom is 0.0574 e. The Balaban J connectivity index is 2.49. The first-order valence-corrected chi connectivity index (χ1v) is 8.02. The van der Waals surface area contributed by atoms with E-state index in [1.807, 2.05) is 0 Å². The molecule has 1 aromatic carbocycles. The quantitative estimate of drug-likeness (QED) is 0.895. The Morgan fingerprint density at radius 2 is 1.80 bits per heavy atom. The Hall–Kier alpha value is -1.02. The Bertz CT molecular complexity index is 452. The molecule has 0 heterocycles. The second kappa shape index (κ2) is 5.77. The van der Waals surface area contributed by atoms with Crippen LogP contribution in [0, 0.1) is 12.3 Å². The molecule has 1 aromatic rings. The van der Waals surface area contributed by atoms with Crippen molar-refractivity contribution in [3.05, 3.63) is 29.8 Å². The topological polar surface area (TPSA) is 29.3 Å². The van der Waals surface area contributed by atoms with Gasteiger partial charge in [-0.05, 0) is 43.7 Å². The Morgan fingerprint density at radius 3 is 2.35 bits per heavy atom. The molecule has 0 amide bonds. The maximum absolute atomic E-state index is 6.34. The Kier molecular flexibility index (Phi) is 4.43. The zero-order valence-corrected chi connectivity index (χ0v) is 13.6. The summed E-state index contributed by atoms with van der Waals surface area (Å²) in [6, 6.07) is 8.72. The highest BCUT2D eigenvalue weighted by Gasteiger charge is 2.49. The summed E-state index contributed by atoms with van der Waals surface area (Å²) in [5, 5.41) is 0. The van der Waals surface area contributed by atoms with Crippen molar-refractivity contribution in [1.82, 2.24) is 0 Å². The molecule has 0 aliphatic heterocycles. The molecule has 0 spiro atoms. The highest BCUT2D eigenvalue weighted by molar-refractivity contribution is 5.56. The molecular formula is C18H30N2. The standard InChI is InChI=1S/C18H30N2/c1-5-20(16-11-7-6-10-15(16)2)18(14-19)13-9-8-12-17(18,3)4/h6-7,10-11H,5,8-9,12-14,19H2,1-4H3. The molecule has 2 nitrogen and oxygen atoms in total. The van der Waals surface area contributed by atoms with Crippen LogP contribution >= 0.6 is 0 Å². The van der Waals surface area contributed by atoms with Gasteiger partial charge in [0.15, 0.2) is 0 Å². The SMILES string of the molecule is CCN(c1ccccc1C)C1(CN)CCCCC1(C)C. The summed E-state index contributed by atoms with van der Waals surface area (Å²) >= 11 is 0. The van der Waals surface area contributed by atoms with Crippen LogP contribution in [-0.2, 0) is 0 Å². The lowest BCUT2D eigenvalue weighted by Gasteiger charge is -2.57. The molecule has 1 aliphatic carbocycles. The van der Waals surface area contributed by atoms with Gasteiger partial charge in [-0.15, -0.1) is 0 Å². The van der Waals surface area contributed by atoms with Crippen molar-refractivity contribution in [2.75, 3.05) is 18.0 Å². The van der Waals surface area contributed by atoms with Gasteiger partial charge in [-0.1, -0.05) is 44.9 Å². The molecule has 0 radical (unpaired) electrons. The van der Waals surface area contributed by atoms with Gasteiger partial charge in [0.2, 0.25) is 0 Å². The molecule has 2 heteroatoms. The highest BCUT2D eigenvalue weighted by atomic mass is 15.2. The number of likely N-dealkylation sites (N-methyl/N-ethyl adjacent to an activating group) is 1. The van der Waals surface area contributed by atoms with Gasteiger partial charge in [-0.2, -0.15) is 0 Å². The Labute approximate surface area is 124 Å². The van der Waals surface area contributed by atoms with Gasteiger partial charge in [-0.3, -0.25) is 0 Å². The van der Waals surface area contributed by atoms with Crippen LogP contribution in [0.5, 0.6) is 0 Å². The van der Waals surface area contributed by atoms with Crippen LogP contribution in [0.1, 0.15) is 52.0 Å². The smallest absolute Gasteiger partial charge is 0.0574 e. The van der Waals surface area contributed by atoms with E-state index >= 15 is 0 Å². The van der Waals surface area contributed by atoms with Crippen LogP contribution in [0.4, 0.5) is 5.69 Å². The molecule has 1 unspecified atom stereocenters. The molecule has 2 N–H and O–H groups in total. The Morgan fingerprint density at radius 1 is 1.15 bits per heavy atom. The first kappa shape index (κ1) is 15.4. The second-order valence-corrected chi connectivity index (χ2v) is 6.86. The van der Waals surface area contributed by atoms with Crippen LogP contribution < -0.4 is 10.6 Å². The summed E-state index contributed by atoms with van der Waals surface area (Å²) in [4.78, 5) is 2.58. The average Bonchev–Trinajstić information content (AvgIpc) is 2.43. The minimum Gasteiger partial charge on any atom is -0.364 e. The van der Waals surface area contributed by atoms with Crippen molar-refractivity contribution in [2.45, 2.75) is 58.9 Å². The lowest BCUT2D eigenvalue weighted by Crippen LogP contribution is -2.64. The van der Waals surface area contributed by atoms with E-state index in [9.17, 15) is 0 Å². The summed E-state index contributed by atoms with van der Waals surface area (Å²) in [5.74, 6) is 0. The molecule has 1 atom stereocenters. The van der Waals surface area contributed by atoms with E-state index in [-0.39, 0.29) is 11.0 Å². The number of anilines is 1. The molecule has 1 fully saturated rings. The van der Waals surface area contributed by atoms with E-state index in [4.69, 9.17) is 5.73 Å². The van der Waals surface area contributed by atoms with Gasteiger partial charge in [0.1, 0.15) is 0 Å². The molecule has 1 aliphatic rings. The van der Waals surface area contributed by atoms with Gasteiger partial charge in [0.05, 0.1) is 5.54 Å². The number of rotatable bonds is 4. The van der Waals surface area contributed by atoms with Gasteiger partial charge in [0, 0.05) is 18.8 Å². The van der Waals surface area contributed by atoms with E-state index < -0.39 is 0 Å². The van der Waals surface area contributed by atoms with Crippen LogP contribution in [0.15, 0.2) is 24.3 Å². The predicted molar refractivity (Wildman–Crippen MR) is 88.2 cm³/mol. The molecular weight excluding hydrogens is 244 g/mol. The molecule has 0 bridgehead atoms. The van der Waals surface area contributed by atoms with E-state index in [1.54, 1.807) is 0 Å². The fraction of sp³-hybridized carbons (Fsp3) is 0.667. The fourth-order valence-corrected chi connectivity index (χ4v) is 4.11. The summed E-state index contributed by atoms with van der Waals surface area (Å²) in [6.45, 7) is 11.0. The summed E-state index contributed by atoms with van der Waals surface area (Å²) < 4.78 is 0. The van der Waals surface area contributed by atoms with Crippen molar-refractivity contribution >= 4 is 5.69 Å². The first-order chi connectivity index (χ1) is 9.48. The number of nitrogens with two attached hydrogens (primary N) is 1. The van der Waals surface area contributed by atoms with Crippen molar-refractivity contribution < 1.29 is 0 Å². The van der Waals surface area contributed by atoms with Gasteiger partial charge >= 0.3 is 0 Å². The lowest BCUT2D eigenvalue weighted by molar-refractivity contribution is 0.0969. The summed E-state index contributed by atoms with van der Waals surface area (Å²) in [5.41, 5.74) is 9.40. The molecule has 0 saturated heterocycles. The predicted octanol–water partition coefficient (Wildman–Crippen LogP) is 4.12. The summed E-state index contributed by atoms with van der Waals surface area (Å²) in [6.07, 6.45) is 5.11. The van der Waals surface area contributed by atoms with Crippen molar-refractivity contribution in [1.29, 1.82) is 0 Å². The second-order valence-electron chi connectivity index (χ2n) is 6.86. The average molecular weight is 274 g/mol. The van der Waals surface area contributed by atoms with E-state index in [1.165, 1.54) is 36.9 Å². The number of aryl methyl sites for hydroxylation is 1. The molecule has 1 saturated carbocycles. The normalized spacial score (nSPS) is 25.4. The van der Waals surface area contributed by atoms with Gasteiger partial charge < -0.3 is 10.6 Å². The lowest BCUT2D eigenvalue weighted by atomic mass is 9.62. The van der Waals surface area contributed by atoms with Crippen LogP contribution in [0.2, 0.25) is 0 Å². The third-order valence-corrected chi connectivity index (χ3v) is 5.48. The van der Waals surface area contributed by atoms with Gasteiger partial charge in [0.25, 0.3) is 0 Å². The number of benzene rings is 1. The first-order valence-electron chi connectivity index (χ1n) is 8.02. The van der Waals surface area contributed by atoms with Crippen LogP contribution in [0.3, 0.4) is 0 Å². The third-order valence-electron chi connectivity index (χ3n) is 5.48. The summed E-state index contributed by atoms with van der Waals surface area (Å²) in [7, 11) is 0. The monoisotopic (exact) mass is 274 g/mol. The van der Waals surface area contributed by atoms with Crippen molar-refractivity contribution in [2.24, 2.45) is 11.1 Å². The highest BCUT2D eigenvalue weighted by Crippen LogP contribution is 2.48. The number of nitrogens with zero attached hydrogens (tertiary/aromatic N) is 1. The fourth-order valence-electron chi connectivity index (χ4n) is 4.11.